The van der Waals surface area contributed by atoms with E-state index >= 15 is 0 Å². The molecule has 1 heterocycles. The van der Waals surface area contributed by atoms with Crippen LogP contribution in [0.1, 0.15) is 5.56 Å². The number of thiocarbonyl (C=S) groups is 1. The lowest BCUT2D eigenvalue weighted by Crippen LogP contribution is -2.54. The predicted octanol–water partition coefficient (Wildman–Crippen LogP) is 3.55. The van der Waals surface area contributed by atoms with Crippen molar-refractivity contribution in [1.82, 2.24) is 5.32 Å². The van der Waals surface area contributed by atoms with Crippen LogP contribution in [0.15, 0.2) is 35.9 Å². The maximum Gasteiger partial charge on any atom is 0.270 e. The Bertz CT molecular complexity index is 1050. The van der Waals surface area contributed by atoms with E-state index in [9.17, 15) is 14.7 Å². The third-order valence-corrected chi connectivity index (χ3v) is 5.18. The number of amides is 2. The molecular weight excluding hydrogens is 439 g/mol. The molecule has 0 atom stereocenters. The van der Waals surface area contributed by atoms with E-state index in [2.05, 4.69) is 5.32 Å². The van der Waals surface area contributed by atoms with Crippen molar-refractivity contribution in [2.45, 2.75) is 0 Å². The van der Waals surface area contributed by atoms with Crippen molar-refractivity contribution >= 4 is 64.1 Å². The Balaban J connectivity index is 2.10. The normalized spacial score (nSPS) is 15.5. The Kier molecular flexibility index (Phi) is 5.97. The van der Waals surface area contributed by atoms with Gasteiger partial charge in [0.1, 0.15) is 5.57 Å². The molecule has 1 saturated heterocycles. The highest BCUT2D eigenvalue weighted by Gasteiger charge is 2.35. The number of nitrogens with one attached hydrogen (secondary N) is 1. The van der Waals surface area contributed by atoms with E-state index in [1.165, 1.54) is 32.4 Å². The largest absolute Gasteiger partial charge is 0.502 e. The Labute approximate surface area is 181 Å². The minimum absolute atomic E-state index is 0.116. The number of phenolic OH excluding ortho intramolecular Hbond substituents is 1. The molecule has 1 fully saturated rings. The first-order chi connectivity index (χ1) is 13.8. The number of carbonyl (C=O) groups excluding carboxylic acids is 2. The average molecular weight is 453 g/mol. The van der Waals surface area contributed by atoms with E-state index in [1.807, 2.05) is 0 Å². The van der Waals surface area contributed by atoms with Gasteiger partial charge in [0.2, 0.25) is 5.75 Å². The zero-order valence-corrected chi connectivity index (χ0v) is 17.5. The van der Waals surface area contributed by atoms with Crippen molar-refractivity contribution in [2.24, 2.45) is 0 Å². The van der Waals surface area contributed by atoms with E-state index in [4.69, 9.17) is 44.9 Å². The molecule has 2 N–H and O–H groups in total. The number of carbonyl (C=O) groups is 2. The first-order valence-electron chi connectivity index (χ1n) is 8.09. The first-order valence-corrected chi connectivity index (χ1v) is 9.25. The molecule has 7 nitrogen and oxygen atoms in total. The number of halogens is 2. The molecule has 150 valence electrons. The standard InChI is InChI=1S/C19H14Cl2N2O5S/c1-27-13-7-9(8-14(28-2)16(13)24)6-10-17(25)22-19(29)23(18(10)26)12-5-3-4-11(20)15(12)21/h3-8,24H,1-2H3,(H,22,25,29)/b10-6+. The van der Waals surface area contributed by atoms with Crippen molar-refractivity contribution < 1.29 is 24.2 Å². The highest BCUT2D eigenvalue weighted by atomic mass is 35.5. The summed E-state index contributed by atoms with van der Waals surface area (Å²) in [4.78, 5) is 26.6. The van der Waals surface area contributed by atoms with Crippen LogP contribution in [0.5, 0.6) is 17.2 Å². The average Bonchev–Trinajstić information content (AvgIpc) is 2.69. The van der Waals surface area contributed by atoms with Gasteiger partial charge in [-0.1, -0.05) is 29.3 Å². The number of anilines is 1. The fourth-order valence-corrected chi connectivity index (χ4v) is 3.36. The summed E-state index contributed by atoms with van der Waals surface area (Å²) in [5, 5.41) is 12.7. The third kappa shape index (κ3) is 3.87. The Morgan fingerprint density at radius 1 is 1.14 bits per heavy atom. The molecule has 1 aliphatic heterocycles. The van der Waals surface area contributed by atoms with Crippen LogP contribution in [0.4, 0.5) is 5.69 Å². The fourth-order valence-electron chi connectivity index (χ4n) is 2.71. The second kappa shape index (κ2) is 8.28. The summed E-state index contributed by atoms with van der Waals surface area (Å²) in [6.45, 7) is 0. The summed E-state index contributed by atoms with van der Waals surface area (Å²) in [7, 11) is 2.73. The van der Waals surface area contributed by atoms with Crippen LogP contribution >= 0.6 is 35.4 Å². The molecule has 0 aliphatic carbocycles. The van der Waals surface area contributed by atoms with Gasteiger partial charge in [-0.3, -0.25) is 19.8 Å². The van der Waals surface area contributed by atoms with Crippen molar-refractivity contribution in [2.75, 3.05) is 19.1 Å². The number of benzene rings is 2. The number of ether oxygens (including phenoxy) is 2. The summed E-state index contributed by atoms with van der Waals surface area (Å²) in [6, 6.07) is 7.63. The second-order valence-electron chi connectivity index (χ2n) is 5.80. The summed E-state index contributed by atoms with van der Waals surface area (Å²) in [5.74, 6) is -1.34. The highest BCUT2D eigenvalue weighted by Crippen LogP contribution is 2.38. The number of nitrogens with zero attached hydrogens (tertiary/aromatic N) is 1. The molecule has 2 aromatic rings. The molecule has 29 heavy (non-hydrogen) atoms. The van der Waals surface area contributed by atoms with Crippen LogP contribution in [-0.4, -0.2) is 36.3 Å². The van der Waals surface area contributed by atoms with Gasteiger partial charge in [-0.2, -0.15) is 0 Å². The van der Waals surface area contributed by atoms with Crippen molar-refractivity contribution in [3.8, 4) is 17.2 Å². The predicted molar refractivity (Wildman–Crippen MR) is 114 cm³/mol. The third-order valence-electron chi connectivity index (χ3n) is 4.09. The molecule has 1 aliphatic rings. The zero-order valence-electron chi connectivity index (χ0n) is 15.2. The number of hydrogen-bond acceptors (Lipinski definition) is 6. The molecule has 0 saturated carbocycles. The van der Waals surface area contributed by atoms with E-state index in [0.717, 1.165) is 4.90 Å². The minimum Gasteiger partial charge on any atom is -0.502 e. The van der Waals surface area contributed by atoms with Crippen LogP contribution < -0.4 is 19.7 Å². The molecule has 0 bridgehead atoms. The van der Waals surface area contributed by atoms with Gasteiger partial charge in [0, 0.05) is 0 Å². The molecule has 0 spiro atoms. The molecule has 2 amide bonds. The summed E-state index contributed by atoms with van der Waals surface area (Å²) >= 11 is 17.4. The molecule has 3 rings (SSSR count). The SMILES string of the molecule is COc1cc(/C=C2\C(=O)NC(=S)N(c3cccc(Cl)c3Cl)C2=O)cc(OC)c1O. The number of methoxy groups -OCH3 is 2. The quantitative estimate of drug-likeness (QED) is 0.418. The van der Waals surface area contributed by atoms with Gasteiger partial charge >= 0.3 is 0 Å². The maximum absolute atomic E-state index is 13.1. The molecule has 0 aromatic heterocycles. The number of aromatic hydroxyl groups is 1. The molecule has 0 unspecified atom stereocenters. The molecule has 0 radical (unpaired) electrons. The second-order valence-corrected chi connectivity index (χ2v) is 6.98. The summed E-state index contributed by atoms with van der Waals surface area (Å²) in [6.07, 6.45) is 1.33. The van der Waals surface area contributed by atoms with Crippen LogP contribution in [0.3, 0.4) is 0 Å². The van der Waals surface area contributed by atoms with E-state index in [-0.39, 0.29) is 43.7 Å². The monoisotopic (exact) mass is 452 g/mol. The lowest BCUT2D eigenvalue weighted by atomic mass is 10.1. The minimum atomic E-state index is -0.686. The van der Waals surface area contributed by atoms with Gasteiger partial charge in [-0.05, 0) is 48.1 Å². The van der Waals surface area contributed by atoms with E-state index in [1.54, 1.807) is 18.2 Å². The molecule has 10 heteroatoms. The van der Waals surface area contributed by atoms with Gasteiger partial charge in [-0.15, -0.1) is 0 Å². The van der Waals surface area contributed by atoms with Gasteiger partial charge in [0.25, 0.3) is 11.8 Å². The molecule has 2 aromatic carbocycles. The van der Waals surface area contributed by atoms with Crippen LogP contribution in [0.25, 0.3) is 6.08 Å². The summed E-state index contributed by atoms with van der Waals surface area (Å²) < 4.78 is 10.2. The Morgan fingerprint density at radius 2 is 1.76 bits per heavy atom. The Morgan fingerprint density at radius 3 is 2.34 bits per heavy atom. The number of rotatable bonds is 4. The first kappa shape index (κ1) is 20.9. The van der Waals surface area contributed by atoms with Crippen molar-refractivity contribution in [3.63, 3.8) is 0 Å². The van der Waals surface area contributed by atoms with Gasteiger partial charge in [-0.25, -0.2) is 0 Å². The lowest BCUT2D eigenvalue weighted by Gasteiger charge is -2.29. The zero-order chi connectivity index (χ0) is 21.3. The number of phenols is 1. The van der Waals surface area contributed by atoms with Gasteiger partial charge in [0.05, 0.1) is 30.0 Å². The van der Waals surface area contributed by atoms with Gasteiger partial charge in [0.15, 0.2) is 16.6 Å². The van der Waals surface area contributed by atoms with E-state index < -0.39 is 11.8 Å². The fraction of sp³-hybridized carbons (Fsp3) is 0.105. The lowest BCUT2D eigenvalue weighted by molar-refractivity contribution is -0.122. The van der Waals surface area contributed by atoms with Crippen LogP contribution in [-0.2, 0) is 9.59 Å². The topological polar surface area (TPSA) is 88.1 Å². The molecular formula is C19H14Cl2N2O5S. The summed E-state index contributed by atoms with van der Waals surface area (Å²) in [5.41, 5.74) is 0.422. The maximum atomic E-state index is 13.1. The van der Waals surface area contributed by atoms with Crippen molar-refractivity contribution in [3.05, 3.63) is 51.5 Å². The van der Waals surface area contributed by atoms with E-state index in [0.29, 0.717) is 5.56 Å². The smallest absolute Gasteiger partial charge is 0.270 e. The van der Waals surface area contributed by atoms with Crippen LogP contribution in [0.2, 0.25) is 10.0 Å². The number of hydrogen-bond donors (Lipinski definition) is 2. The highest BCUT2D eigenvalue weighted by molar-refractivity contribution is 7.80. The van der Waals surface area contributed by atoms with Crippen molar-refractivity contribution in [1.29, 1.82) is 0 Å². The Hall–Kier alpha value is -2.81. The van der Waals surface area contributed by atoms with Gasteiger partial charge < -0.3 is 14.6 Å². The van der Waals surface area contributed by atoms with Crippen LogP contribution in [0, 0.1) is 0 Å².